The summed E-state index contributed by atoms with van der Waals surface area (Å²) in [6, 6.07) is 11.9. The fraction of sp³-hybridized carbons (Fsp3) is 0.158. The van der Waals surface area contributed by atoms with Gasteiger partial charge in [-0.2, -0.15) is 0 Å². The van der Waals surface area contributed by atoms with Crippen LogP contribution in [0.3, 0.4) is 0 Å². The minimum atomic E-state index is 0.869. The molecule has 1 aliphatic rings. The fourth-order valence-corrected chi connectivity index (χ4v) is 2.73. The molecule has 4 nitrogen and oxygen atoms in total. The van der Waals surface area contributed by atoms with Crippen LogP contribution >= 0.6 is 0 Å². The van der Waals surface area contributed by atoms with Gasteiger partial charge in [-0.15, -0.1) is 0 Å². The molecule has 0 fully saturated rings. The first-order valence-electron chi connectivity index (χ1n) is 7.76. The molecule has 0 saturated heterocycles. The zero-order valence-electron chi connectivity index (χ0n) is 12.7. The average molecular weight is 300 g/mol. The predicted octanol–water partition coefficient (Wildman–Crippen LogP) is 3.84. The van der Waals surface area contributed by atoms with E-state index in [9.17, 15) is 0 Å². The summed E-state index contributed by atoms with van der Waals surface area (Å²) in [5.41, 5.74) is 6.29. The van der Waals surface area contributed by atoms with Gasteiger partial charge < -0.3 is 0 Å². The normalized spacial score (nSPS) is 13.9. The Morgan fingerprint density at radius 1 is 0.913 bits per heavy atom. The van der Waals surface area contributed by atoms with E-state index >= 15 is 0 Å². The molecule has 0 amide bonds. The molecule has 1 aromatic carbocycles. The van der Waals surface area contributed by atoms with Gasteiger partial charge in [-0.1, -0.05) is 18.2 Å². The van der Waals surface area contributed by atoms with Crippen LogP contribution in [-0.2, 0) is 6.42 Å². The molecule has 0 bridgehead atoms. The fourth-order valence-electron chi connectivity index (χ4n) is 2.73. The number of aromatic nitrogens is 3. The van der Waals surface area contributed by atoms with Gasteiger partial charge in [0.05, 0.1) is 22.4 Å². The summed E-state index contributed by atoms with van der Waals surface area (Å²) in [5, 5.41) is 0. The summed E-state index contributed by atoms with van der Waals surface area (Å²) < 4.78 is 0. The highest BCUT2D eigenvalue weighted by atomic mass is 14.8. The van der Waals surface area contributed by atoms with Crippen molar-refractivity contribution in [2.75, 3.05) is 0 Å². The number of pyridine rings is 1. The first kappa shape index (κ1) is 13.8. The number of benzene rings is 1. The second kappa shape index (κ2) is 6.08. The van der Waals surface area contributed by atoms with Gasteiger partial charge in [0, 0.05) is 36.3 Å². The van der Waals surface area contributed by atoms with Crippen LogP contribution in [-0.4, -0.2) is 20.7 Å². The number of allylic oxidation sites excluding steroid dienone is 1. The molecule has 0 atom stereocenters. The zero-order chi connectivity index (χ0) is 15.5. The van der Waals surface area contributed by atoms with E-state index in [-0.39, 0.29) is 0 Å². The van der Waals surface area contributed by atoms with Crippen LogP contribution in [0.2, 0.25) is 0 Å². The van der Waals surface area contributed by atoms with Crippen molar-refractivity contribution in [3.05, 3.63) is 72.3 Å². The smallest absolute Gasteiger partial charge is 0.0890 e. The monoisotopic (exact) mass is 300 g/mol. The number of fused-ring (bicyclic) bond motifs is 1. The van der Waals surface area contributed by atoms with E-state index in [4.69, 9.17) is 4.99 Å². The largest absolute Gasteiger partial charge is 0.265 e. The molecule has 0 saturated carbocycles. The quantitative estimate of drug-likeness (QED) is 0.735. The van der Waals surface area contributed by atoms with Gasteiger partial charge >= 0.3 is 0 Å². The molecule has 4 heteroatoms. The molecule has 3 heterocycles. The highest BCUT2D eigenvalue weighted by Crippen LogP contribution is 2.23. The third-order valence-corrected chi connectivity index (χ3v) is 3.95. The molecule has 4 rings (SSSR count). The molecule has 112 valence electrons. The minimum absolute atomic E-state index is 0.869. The molecule has 0 aliphatic carbocycles. The Balaban J connectivity index is 1.45. The van der Waals surface area contributed by atoms with Crippen LogP contribution in [0, 0.1) is 0 Å². The van der Waals surface area contributed by atoms with E-state index in [1.165, 1.54) is 5.71 Å². The summed E-state index contributed by atoms with van der Waals surface area (Å²) in [7, 11) is 0. The molecular formula is C19H16N4. The van der Waals surface area contributed by atoms with Crippen molar-refractivity contribution in [3.8, 4) is 0 Å². The van der Waals surface area contributed by atoms with Crippen molar-refractivity contribution in [3.63, 3.8) is 0 Å². The first-order chi connectivity index (χ1) is 11.4. The van der Waals surface area contributed by atoms with E-state index in [0.717, 1.165) is 47.3 Å². The second-order valence-corrected chi connectivity index (χ2v) is 5.56. The second-order valence-electron chi connectivity index (χ2n) is 5.56. The summed E-state index contributed by atoms with van der Waals surface area (Å²) in [4.78, 5) is 17.9. The van der Waals surface area contributed by atoms with Crippen LogP contribution < -0.4 is 0 Å². The van der Waals surface area contributed by atoms with Gasteiger partial charge in [-0.25, -0.2) is 4.98 Å². The number of hydrogen-bond donors (Lipinski definition) is 0. The number of rotatable bonds is 4. The van der Waals surface area contributed by atoms with E-state index in [1.54, 1.807) is 12.4 Å². The lowest BCUT2D eigenvalue weighted by molar-refractivity contribution is 0.961. The number of aryl methyl sites for hydroxylation is 1. The van der Waals surface area contributed by atoms with Crippen molar-refractivity contribution in [2.45, 2.75) is 19.3 Å². The van der Waals surface area contributed by atoms with Crippen molar-refractivity contribution in [1.82, 2.24) is 15.0 Å². The topological polar surface area (TPSA) is 51.0 Å². The Morgan fingerprint density at radius 3 is 2.61 bits per heavy atom. The third kappa shape index (κ3) is 3.01. The number of nitrogens with zero attached hydrogens (tertiary/aromatic N) is 4. The van der Waals surface area contributed by atoms with Crippen LogP contribution in [0.5, 0.6) is 0 Å². The highest BCUT2D eigenvalue weighted by Gasteiger charge is 2.11. The number of hydrogen-bond acceptors (Lipinski definition) is 4. The molecule has 0 N–H and O–H groups in total. The minimum Gasteiger partial charge on any atom is -0.265 e. The number of aliphatic imine (C=N–C) groups is 1. The lowest BCUT2D eigenvalue weighted by atomic mass is 10.1. The SMILES string of the molecule is C1=C(c2ccncc2)N=C(CCc2cnc3ccccc3n2)C1. The molecule has 0 spiro atoms. The molecule has 3 aromatic rings. The lowest BCUT2D eigenvalue weighted by Gasteiger charge is -2.03. The van der Waals surface area contributed by atoms with Crippen LogP contribution in [0.4, 0.5) is 0 Å². The summed E-state index contributed by atoms with van der Waals surface area (Å²) in [5.74, 6) is 0. The average Bonchev–Trinajstić information content (AvgIpc) is 3.10. The van der Waals surface area contributed by atoms with Gasteiger partial charge in [0.1, 0.15) is 0 Å². The Morgan fingerprint density at radius 2 is 1.74 bits per heavy atom. The maximum absolute atomic E-state index is 4.74. The van der Waals surface area contributed by atoms with Crippen LogP contribution in [0.25, 0.3) is 16.7 Å². The third-order valence-electron chi connectivity index (χ3n) is 3.95. The zero-order valence-corrected chi connectivity index (χ0v) is 12.7. The van der Waals surface area contributed by atoms with Crippen LogP contribution in [0.15, 0.2) is 66.1 Å². The lowest BCUT2D eigenvalue weighted by Crippen LogP contribution is -1.99. The van der Waals surface area contributed by atoms with Gasteiger partial charge in [-0.3, -0.25) is 15.0 Å². The van der Waals surface area contributed by atoms with E-state index < -0.39 is 0 Å². The summed E-state index contributed by atoms with van der Waals surface area (Å²) >= 11 is 0. The molecule has 1 aliphatic heterocycles. The highest BCUT2D eigenvalue weighted by molar-refractivity contribution is 5.95. The van der Waals surface area contributed by atoms with Crippen molar-refractivity contribution in [2.24, 2.45) is 4.99 Å². The Kier molecular flexibility index (Phi) is 3.64. The molecule has 23 heavy (non-hydrogen) atoms. The standard InChI is InChI=1S/C19H16N4/c1-2-4-19-18(3-1)21-13-16(23-19)6-5-15-7-8-17(22-15)14-9-11-20-12-10-14/h1-4,8-13H,5-7H2. The molecular weight excluding hydrogens is 284 g/mol. The molecule has 0 radical (unpaired) electrons. The van der Waals surface area contributed by atoms with Gasteiger partial charge in [0.15, 0.2) is 0 Å². The predicted molar refractivity (Wildman–Crippen MR) is 92.1 cm³/mol. The Bertz CT molecular complexity index is 897. The van der Waals surface area contributed by atoms with E-state index in [0.29, 0.717) is 0 Å². The number of para-hydroxylation sites is 2. The van der Waals surface area contributed by atoms with Crippen molar-refractivity contribution in [1.29, 1.82) is 0 Å². The van der Waals surface area contributed by atoms with Crippen LogP contribution in [0.1, 0.15) is 24.1 Å². The van der Waals surface area contributed by atoms with Gasteiger partial charge in [0.2, 0.25) is 0 Å². The summed E-state index contributed by atoms with van der Waals surface area (Å²) in [6.07, 6.45) is 10.3. The van der Waals surface area contributed by atoms with Gasteiger partial charge in [0.25, 0.3) is 0 Å². The first-order valence-corrected chi connectivity index (χ1v) is 7.76. The maximum atomic E-state index is 4.74. The van der Waals surface area contributed by atoms with Crippen molar-refractivity contribution >= 4 is 22.4 Å². The van der Waals surface area contributed by atoms with E-state index in [2.05, 4.69) is 21.0 Å². The maximum Gasteiger partial charge on any atom is 0.0890 e. The van der Waals surface area contributed by atoms with Crippen molar-refractivity contribution < 1.29 is 0 Å². The van der Waals surface area contributed by atoms with Gasteiger partial charge in [-0.05, 0) is 37.1 Å². The Hall–Kier alpha value is -2.88. The molecule has 0 unspecified atom stereocenters. The van der Waals surface area contributed by atoms with E-state index in [1.807, 2.05) is 42.6 Å². The summed E-state index contributed by atoms with van der Waals surface area (Å²) in [6.45, 7) is 0. The molecule has 2 aromatic heterocycles. The Labute approximate surface area is 134 Å².